The van der Waals surface area contributed by atoms with E-state index < -0.39 is 53.4 Å². The standard InChI is InChI=1S/C20H21F4N5O3/c21-12-8-13(22)17(24)18(16(12)23)32-9-15(30)14(5-2-6-28-20(26)27)29-19(31)10-3-1-4-11(25)7-10/h1,3-4,7-8,14H,2,5-6,9,25H2,(H,29,31)(H4,26,27,28). The van der Waals surface area contributed by atoms with E-state index in [9.17, 15) is 27.2 Å². The van der Waals surface area contributed by atoms with Gasteiger partial charge in [0.15, 0.2) is 29.1 Å². The van der Waals surface area contributed by atoms with Crippen LogP contribution in [0.2, 0.25) is 0 Å². The SMILES string of the molecule is NC(N)=NCCCC(NC(=O)c1cccc(N)c1)C(=O)COc1c(F)c(F)cc(F)c1F. The van der Waals surface area contributed by atoms with Crippen molar-refractivity contribution in [1.82, 2.24) is 5.32 Å². The van der Waals surface area contributed by atoms with Crippen molar-refractivity contribution in [2.45, 2.75) is 18.9 Å². The molecule has 172 valence electrons. The smallest absolute Gasteiger partial charge is 0.251 e. The van der Waals surface area contributed by atoms with Gasteiger partial charge in [-0.15, -0.1) is 0 Å². The second-order valence-electron chi connectivity index (χ2n) is 6.65. The Bertz CT molecular complexity index is 1000. The van der Waals surface area contributed by atoms with E-state index in [0.29, 0.717) is 5.69 Å². The van der Waals surface area contributed by atoms with E-state index >= 15 is 0 Å². The van der Waals surface area contributed by atoms with Gasteiger partial charge in [-0.1, -0.05) is 6.07 Å². The second-order valence-corrected chi connectivity index (χ2v) is 6.65. The molecule has 0 saturated carbocycles. The summed E-state index contributed by atoms with van der Waals surface area (Å²) in [7, 11) is 0. The molecule has 0 aliphatic carbocycles. The third kappa shape index (κ3) is 6.59. The first kappa shape index (κ1) is 24.4. The molecule has 12 heteroatoms. The fourth-order valence-corrected chi connectivity index (χ4v) is 2.66. The number of nitrogen functional groups attached to an aromatic ring is 1. The van der Waals surface area contributed by atoms with Gasteiger partial charge < -0.3 is 27.3 Å². The van der Waals surface area contributed by atoms with Gasteiger partial charge >= 0.3 is 0 Å². The van der Waals surface area contributed by atoms with Crippen LogP contribution in [0, 0.1) is 23.3 Å². The lowest BCUT2D eigenvalue weighted by atomic mass is 10.1. The zero-order chi connectivity index (χ0) is 23.8. The summed E-state index contributed by atoms with van der Waals surface area (Å²) in [6, 6.07) is 4.77. The molecule has 0 radical (unpaired) electrons. The summed E-state index contributed by atoms with van der Waals surface area (Å²) < 4.78 is 58.8. The molecule has 8 nitrogen and oxygen atoms in total. The Morgan fingerprint density at radius 2 is 1.72 bits per heavy atom. The van der Waals surface area contributed by atoms with Gasteiger partial charge in [0.1, 0.15) is 6.61 Å². The lowest BCUT2D eigenvalue weighted by Crippen LogP contribution is -2.43. The van der Waals surface area contributed by atoms with E-state index in [0.717, 1.165) is 0 Å². The molecule has 0 heterocycles. The molecule has 1 unspecified atom stereocenters. The molecule has 7 N–H and O–H groups in total. The zero-order valence-corrected chi connectivity index (χ0v) is 16.7. The molecule has 1 atom stereocenters. The molecule has 0 aromatic heterocycles. The molecule has 0 spiro atoms. The number of amides is 1. The van der Waals surface area contributed by atoms with Crippen molar-refractivity contribution in [3.63, 3.8) is 0 Å². The highest BCUT2D eigenvalue weighted by atomic mass is 19.2. The molecule has 0 aliphatic rings. The number of hydrogen-bond donors (Lipinski definition) is 4. The number of benzene rings is 2. The Balaban J connectivity index is 2.14. The first-order valence-corrected chi connectivity index (χ1v) is 9.30. The minimum absolute atomic E-state index is 0.0115. The molecule has 2 aromatic carbocycles. The monoisotopic (exact) mass is 455 g/mol. The molecular formula is C20H21F4N5O3. The molecule has 2 rings (SSSR count). The highest BCUT2D eigenvalue weighted by Crippen LogP contribution is 2.26. The van der Waals surface area contributed by atoms with Gasteiger partial charge in [0.2, 0.25) is 11.6 Å². The maximum Gasteiger partial charge on any atom is 0.251 e. The molecule has 0 fully saturated rings. The Hall–Kier alpha value is -3.83. The number of halogens is 4. The van der Waals surface area contributed by atoms with E-state index in [1.807, 2.05) is 0 Å². The van der Waals surface area contributed by atoms with Crippen molar-refractivity contribution < 1.29 is 31.9 Å². The average molecular weight is 455 g/mol. The van der Waals surface area contributed by atoms with Gasteiger partial charge in [-0.3, -0.25) is 14.6 Å². The highest BCUT2D eigenvalue weighted by molar-refractivity contribution is 5.98. The maximum absolute atomic E-state index is 13.7. The van der Waals surface area contributed by atoms with Crippen LogP contribution in [0.3, 0.4) is 0 Å². The summed E-state index contributed by atoms with van der Waals surface area (Å²) in [5, 5.41) is 2.47. The predicted molar refractivity (Wildman–Crippen MR) is 109 cm³/mol. The van der Waals surface area contributed by atoms with Gasteiger partial charge in [0.05, 0.1) is 6.04 Å². The van der Waals surface area contributed by atoms with Gasteiger partial charge in [0, 0.05) is 23.9 Å². The lowest BCUT2D eigenvalue weighted by Gasteiger charge is -2.18. The lowest BCUT2D eigenvalue weighted by molar-refractivity contribution is -0.123. The second kappa shape index (κ2) is 11.0. The van der Waals surface area contributed by atoms with Crippen molar-refractivity contribution in [1.29, 1.82) is 0 Å². The fourth-order valence-electron chi connectivity index (χ4n) is 2.66. The minimum Gasteiger partial charge on any atom is -0.479 e. The van der Waals surface area contributed by atoms with E-state index in [1.165, 1.54) is 18.2 Å². The van der Waals surface area contributed by atoms with Crippen LogP contribution in [0.5, 0.6) is 5.75 Å². The molecular weight excluding hydrogens is 434 g/mol. The Morgan fingerprint density at radius 1 is 1.06 bits per heavy atom. The number of ether oxygens (including phenoxy) is 1. The number of hydrogen-bond acceptors (Lipinski definition) is 5. The van der Waals surface area contributed by atoms with Crippen LogP contribution in [0.15, 0.2) is 35.3 Å². The Labute approximate surface area is 180 Å². The van der Waals surface area contributed by atoms with Crippen LogP contribution in [-0.2, 0) is 4.79 Å². The summed E-state index contributed by atoms with van der Waals surface area (Å²) in [5.41, 5.74) is 16.6. The van der Waals surface area contributed by atoms with Crippen molar-refractivity contribution in [3.8, 4) is 5.75 Å². The fraction of sp³-hybridized carbons (Fsp3) is 0.250. The van der Waals surface area contributed by atoms with Crippen LogP contribution in [0.25, 0.3) is 0 Å². The summed E-state index contributed by atoms with van der Waals surface area (Å²) in [4.78, 5) is 28.8. The number of rotatable bonds is 10. The number of ketones is 1. The van der Waals surface area contributed by atoms with Gasteiger partial charge in [-0.25, -0.2) is 8.78 Å². The van der Waals surface area contributed by atoms with Crippen LogP contribution in [0.4, 0.5) is 23.2 Å². The predicted octanol–water partition coefficient (Wildman–Crippen LogP) is 1.63. The number of nitrogens with two attached hydrogens (primary N) is 3. The summed E-state index contributed by atoms with van der Waals surface area (Å²) in [6.45, 7) is -0.833. The number of Topliss-reactive ketones (excluding diaryl/α,β-unsaturated/α-hetero) is 1. The Kier molecular flexibility index (Phi) is 8.38. The third-order valence-electron chi connectivity index (χ3n) is 4.22. The number of guanidine groups is 1. The van der Waals surface area contributed by atoms with Gasteiger partial charge in [-0.2, -0.15) is 8.78 Å². The molecule has 0 saturated heterocycles. The normalized spacial score (nSPS) is 11.5. The minimum atomic E-state index is -1.79. The van der Waals surface area contributed by atoms with E-state index in [-0.39, 0.29) is 37.0 Å². The van der Waals surface area contributed by atoms with Crippen molar-refractivity contribution in [3.05, 3.63) is 59.2 Å². The van der Waals surface area contributed by atoms with Crippen molar-refractivity contribution >= 4 is 23.3 Å². The average Bonchev–Trinajstić information content (AvgIpc) is 2.74. The summed E-state index contributed by atoms with van der Waals surface area (Å²) in [6.07, 6.45) is 0.290. The number of nitrogens with one attached hydrogen (secondary N) is 1. The van der Waals surface area contributed by atoms with Gasteiger partial charge in [-0.05, 0) is 31.0 Å². The van der Waals surface area contributed by atoms with E-state index in [4.69, 9.17) is 21.9 Å². The van der Waals surface area contributed by atoms with Crippen LogP contribution in [0.1, 0.15) is 23.2 Å². The Morgan fingerprint density at radius 3 is 2.31 bits per heavy atom. The number of carbonyl (C=O) groups excluding carboxylic acids is 2. The molecule has 1 amide bonds. The van der Waals surface area contributed by atoms with Crippen LogP contribution < -0.4 is 27.3 Å². The van der Waals surface area contributed by atoms with Gasteiger partial charge in [0.25, 0.3) is 5.91 Å². The summed E-state index contributed by atoms with van der Waals surface area (Å²) in [5.74, 6) is -9.95. The number of nitrogens with zero attached hydrogens (tertiary/aromatic N) is 1. The number of aliphatic imine (C=N–C) groups is 1. The molecule has 32 heavy (non-hydrogen) atoms. The first-order valence-electron chi connectivity index (χ1n) is 9.30. The first-order chi connectivity index (χ1) is 15.1. The topological polar surface area (TPSA) is 146 Å². The molecule has 2 aromatic rings. The zero-order valence-electron chi connectivity index (χ0n) is 16.7. The van der Waals surface area contributed by atoms with Crippen LogP contribution >= 0.6 is 0 Å². The largest absolute Gasteiger partial charge is 0.479 e. The number of anilines is 1. The van der Waals surface area contributed by atoms with Crippen molar-refractivity contribution in [2.24, 2.45) is 16.5 Å². The van der Waals surface area contributed by atoms with E-state index in [2.05, 4.69) is 10.3 Å². The van der Waals surface area contributed by atoms with E-state index in [1.54, 1.807) is 6.07 Å². The van der Waals surface area contributed by atoms with Crippen LogP contribution in [-0.4, -0.2) is 36.8 Å². The van der Waals surface area contributed by atoms with Crippen molar-refractivity contribution in [2.75, 3.05) is 18.9 Å². The quantitative estimate of drug-likeness (QED) is 0.107. The third-order valence-corrected chi connectivity index (χ3v) is 4.22. The molecule has 0 bridgehead atoms. The maximum atomic E-state index is 13.7. The number of carbonyl (C=O) groups is 2. The summed E-state index contributed by atoms with van der Waals surface area (Å²) >= 11 is 0. The molecule has 0 aliphatic heterocycles. The highest BCUT2D eigenvalue weighted by Gasteiger charge is 2.25.